The summed E-state index contributed by atoms with van der Waals surface area (Å²) in [7, 11) is 0. The fraction of sp³-hybridized carbons (Fsp3) is 0.333. The van der Waals surface area contributed by atoms with Gasteiger partial charge in [0.1, 0.15) is 6.33 Å². The van der Waals surface area contributed by atoms with Crippen LogP contribution in [0.25, 0.3) is 11.4 Å². The Kier molecular flexibility index (Phi) is 3.27. The second-order valence-electron chi connectivity index (χ2n) is 4.82. The highest BCUT2D eigenvalue weighted by Gasteiger charge is 2.20. The summed E-state index contributed by atoms with van der Waals surface area (Å²) in [5.74, 6) is 0.812. The average molecular weight is 315 g/mol. The van der Waals surface area contributed by atoms with Crippen LogP contribution in [0.5, 0.6) is 0 Å². The minimum Gasteiger partial charge on any atom is -0.308 e. The smallest absolute Gasteiger partial charge is 0.165 e. The number of aromatic nitrogens is 3. The average Bonchev–Trinajstić information content (AvgIpc) is 2.69. The Morgan fingerprint density at radius 1 is 1.29 bits per heavy atom. The van der Waals surface area contributed by atoms with Crippen LogP contribution < -0.4 is 0 Å². The van der Waals surface area contributed by atoms with Crippen molar-refractivity contribution in [1.29, 1.82) is 0 Å². The summed E-state index contributed by atoms with van der Waals surface area (Å²) in [5, 5.41) is 8.85. The summed E-state index contributed by atoms with van der Waals surface area (Å²) in [6.45, 7) is 6.33. The zero-order chi connectivity index (χ0) is 12.6. The molecule has 0 N–H and O–H groups in total. The Morgan fingerprint density at radius 2 is 2.00 bits per heavy atom. The van der Waals surface area contributed by atoms with Gasteiger partial charge < -0.3 is 4.57 Å². The lowest BCUT2D eigenvalue weighted by Crippen LogP contribution is -2.21. The van der Waals surface area contributed by atoms with Crippen molar-refractivity contribution in [3.63, 3.8) is 0 Å². The number of benzene rings is 1. The molecule has 1 aromatic carbocycles. The van der Waals surface area contributed by atoms with E-state index in [1.165, 1.54) is 0 Å². The largest absolute Gasteiger partial charge is 0.308 e. The van der Waals surface area contributed by atoms with Gasteiger partial charge in [-0.15, -0.1) is 10.2 Å². The molecular formula is C12H13BrClN3. The monoisotopic (exact) mass is 313 g/mol. The lowest BCUT2D eigenvalue weighted by molar-refractivity contribution is 0.399. The van der Waals surface area contributed by atoms with Crippen LogP contribution in [-0.2, 0) is 5.54 Å². The Labute approximate surface area is 114 Å². The molecule has 1 aromatic heterocycles. The molecule has 0 unspecified atom stereocenters. The molecule has 0 aliphatic carbocycles. The minimum absolute atomic E-state index is 0.0689. The SMILES string of the molecule is CC(C)(C)n1cnnc1-c1cc(Cl)ccc1Br. The Morgan fingerprint density at radius 3 is 2.65 bits per heavy atom. The Balaban J connectivity index is 2.61. The first-order chi connectivity index (χ1) is 7.89. The maximum Gasteiger partial charge on any atom is 0.165 e. The van der Waals surface area contributed by atoms with E-state index >= 15 is 0 Å². The molecule has 2 aromatic rings. The van der Waals surface area contributed by atoms with Gasteiger partial charge in [-0.05, 0) is 39.0 Å². The molecule has 0 spiro atoms. The highest BCUT2D eigenvalue weighted by Crippen LogP contribution is 2.31. The summed E-state index contributed by atoms with van der Waals surface area (Å²) in [6, 6.07) is 5.64. The maximum absolute atomic E-state index is 6.02. The van der Waals surface area contributed by atoms with E-state index in [-0.39, 0.29) is 5.54 Å². The predicted octanol–water partition coefficient (Wildman–Crippen LogP) is 4.12. The van der Waals surface area contributed by atoms with Gasteiger partial charge in [0.25, 0.3) is 0 Å². The number of hydrogen-bond acceptors (Lipinski definition) is 2. The van der Waals surface area contributed by atoms with Crippen molar-refractivity contribution < 1.29 is 0 Å². The molecule has 3 nitrogen and oxygen atoms in total. The van der Waals surface area contributed by atoms with E-state index in [0.29, 0.717) is 5.02 Å². The van der Waals surface area contributed by atoms with Gasteiger partial charge >= 0.3 is 0 Å². The zero-order valence-corrected chi connectivity index (χ0v) is 12.2. The second-order valence-corrected chi connectivity index (χ2v) is 6.11. The van der Waals surface area contributed by atoms with Crippen LogP contribution in [0.2, 0.25) is 5.02 Å². The normalized spacial score (nSPS) is 11.8. The lowest BCUT2D eigenvalue weighted by Gasteiger charge is -2.22. The molecule has 0 saturated carbocycles. The van der Waals surface area contributed by atoms with Crippen molar-refractivity contribution >= 4 is 27.5 Å². The third-order valence-corrected chi connectivity index (χ3v) is 3.37. The Hall–Kier alpha value is -0.870. The standard InChI is InChI=1S/C12H13BrClN3/c1-12(2,3)17-7-15-16-11(17)9-6-8(14)4-5-10(9)13/h4-7H,1-3H3. The fourth-order valence-electron chi connectivity index (χ4n) is 1.58. The summed E-state index contributed by atoms with van der Waals surface area (Å²) in [6.07, 6.45) is 1.74. The van der Waals surface area contributed by atoms with E-state index in [1.807, 2.05) is 22.8 Å². The van der Waals surface area contributed by atoms with Gasteiger partial charge in [0.15, 0.2) is 5.82 Å². The van der Waals surface area contributed by atoms with Crippen molar-refractivity contribution in [2.45, 2.75) is 26.3 Å². The van der Waals surface area contributed by atoms with Gasteiger partial charge in [0, 0.05) is 20.6 Å². The van der Waals surface area contributed by atoms with Crippen LogP contribution in [-0.4, -0.2) is 14.8 Å². The van der Waals surface area contributed by atoms with Crippen molar-refractivity contribution in [3.8, 4) is 11.4 Å². The highest BCUT2D eigenvalue weighted by atomic mass is 79.9. The van der Waals surface area contributed by atoms with Crippen LogP contribution in [0, 0.1) is 0 Å². The van der Waals surface area contributed by atoms with Gasteiger partial charge in [0.2, 0.25) is 0 Å². The van der Waals surface area contributed by atoms with Gasteiger partial charge in [-0.2, -0.15) is 0 Å². The molecule has 0 amide bonds. The minimum atomic E-state index is -0.0689. The van der Waals surface area contributed by atoms with E-state index < -0.39 is 0 Å². The van der Waals surface area contributed by atoms with E-state index in [0.717, 1.165) is 15.9 Å². The first kappa shape index (κ1) is 12.6. The molecule has 0 aliphatic rings. The van der Waals surface area contributed by atoms with Crippen molar-refractivity contribution in [1.82, 2.24) is 14.8 Å². The summed E-state index contributed by atoms with van der Waals surface area (Å²) >= 11 is 9.54. The van der Waals surface area contributed by atoms with Gasteiger partial charge in [-0.25, -0.2) is 0 Å². The molecule has 0 saturated heterocycles. The van der Waals surface area contributed by atoms with Gasteiger partial charge in [-0.3, -0.25) is 0 Å². The topological polar surface area (TPSA) is 30.7 Å². The second kappa shape index (κ2) is 4.42. The van der Waals surface area contributed by atoms with Crippen LogP contribution in [0.15, 0.2) is 29.0 Å². The van der Waals surface area contributed by atoms with Gasteiger partial charge in [0.05, 0.1) is 0 Å². The van der Waals surface area contributed by atoms with Gasteiger partial charge in [-0.1, -0.05) is 27.5 Å². The molecule has 0 bridgehead atoms. The predicted molar refractivity (Wildman–Crippen MR) is 73.2 cm³/mol. The number of nitrogens with zero attached hydrogens (tertiary/aromatic N) is 3. The molecule has 0 fully saturated rings. The summed E-state index contributed by atoms with van der Waals surface area (Å²) in [4.78, 5) is 0. The maximum atomic E-state index is 6.02. The number of rotatable bonds is 1. The third kappa shape index (κ3) is 2.53. The number of hydrogen-bond donors (Lipinski definition) is 0. The first-order valence-electron chi connectivity index (χ1n) is 5.25. The van der Waals surface area contributed by atoms with Crippen molar-refractivity contribution in [3.05, 3.63) is 34.0 Å². The third-order valence-electron chi connectivity index (χ3n) is 2.44. The summed E-state index contributed by atoms with van der Waals surface area (Å²) in [5.41, 5.74) is 0.880. The van der Waals surface area contributed by atoms with Crippen molar-refractivity contribution in [2.24, 2.45) is 0 Å². The molecule has 0 radical (unpaired) electrons. The highest BCUT2D eigenvalue weighted by molar-refractivity contribution is 9.10. The van der Waals surface area contributed by atoms with Crippen LogP contribution in [0.4, 0.5) is 0 Å². The van der Waals surface area contributed by atoms with Crippen LogP contribution in [0.3, 0.4) is 0 Å². The molecule has 2 rings (SSSR count). The Bertz CT molecular complexity index is 543. The van der Waals surface area contributed by atoms with E-state index in [4.69, 9.17) is 11.6 Å². The summed E-state index contributed by atoms with van der Waals surface area (Å²) < 4.78 is 2.99. The molecule has 90 valence electrons. The first-order valence-corrected chi connectivity index (χ1v) is 6.42. The molecular weight excluding hydrogens is 302 g/mol. The molecule has 17 heavy (non-hydrogen) atoms. The number of halogens is 2. The molecule has 0 atom stereocenters. The zero-order valence-electron chi connectivity index (χ0n) is 9.91. The van der Waals surface area contributed by atoms with Crippen LogP contribution >= 0.6 is 27.5 Å². The van der Waals surface area contributed by atoms with E-state index in [2.05, 4.69) is 46.9 Å². The van der Waals surface area contributed by atoms with Crippen molar-refractivity contribution in [2.75, 3.05) is 0 Å². The van der Waals surface area contributed by atoms with E-state index in [9.17, 15) is 0 Å². The lowest BCUT2D eigenvalue weighted by atomic mass is 10.1. The molecule has 5 heteroatoms. The fourth-order valence-corrected chi connectivity index (χ4v) is 2.17. The molecule has 1 heterocycles. The quantitative estimate of drug-likeness (QED) is 0.793. The van der Waals surface area contributed by atoms with Crippen LogP contribution in [0.1, 0.15) is 20.8 Å². The molecule has 0 aliphatic heterocycles. The van der Waals surface area contributed by atoms with E-state index in [1.54, 1.807) is 6.33 Å².